The van der Waals surface area contributed by atoms with Crippen molar-refractivity contribution < 1.29 is 9.21 Å². The molecular weight excluding hydrogens is 302 g/mol. The molecule has 2 aromatic heterocycles. The second-order valence-corrected chi connectivity index (χ2v) is 6.21. The summed E-state index contributed by atoms with van der Waals surface area (Å²) in [5.74, 6) is 1.54. The summed E-state index contributed by atoms with van der Waals surface area (Å²) >= 11 is 4.75. The van der Waals surface area contributed by atoms with Gasteiger partial charge in [0.05, 0.1) is 14.7 Å². The highest BCUT2D eigenvalue weighted by molar-refractivity contribution is 9.11. The number of furan rings is 1. The maximum Gasteiger partial charge on any atom is 0.261 e. The van der Waals surface area contributed by atoms with Crippen molar-refractivity contribution in [3.05, 3.63) is 44.4 Å². The lowest BCUT2D eigenvalue weighted by atomic mass is 10.2. The summed E-state index contributed by atoms with van der Waals surface area (Å²) < 4.78 is 6.41. The van der Waals surface area contributed by atoms with Crippen molar-refractivity contribution in [3.8, 4) is 0 Å². The van der Waals surface area contributed by atoms with E-state index in [1.54, 1.807) is 6.07 Å². The third-order valence-electron chi connectivity index (χ3n) is 2.33. The van der Waals surface area contributed by atoms with Gasteiger partial charge in [-0.15, -0.1) is 11.3 Å². The average Bonchev–Trinajstić information content (AvgIpc) is 2.87. The van der Waals surface area contributed by atoms with Crippen molar-refractivity contribution >= 4 is 33.2 Å². The molecule has 5 heteroatoms. The minimum atomic E-state index is -0.128. The molecule has 1 N–H and O–H groups in total. The predicted octanol–water partition coefficient (Wildman–Crippen LogP) is 3.90. The molecule has 1 atom stereocenters. The zero-order valence-corrected chi connectivity index (χ0v) is 11.9. The Kier molecular flexibility index (Phi) is 3.69. The number of hydrogen-bond acceptors (Lipinski definition) is 3. The van der Waals surface area contributed by atoms with Crippen LogP contribution >= 0.6 is 27.3 Å². The van der Waals surface area contributed by atoms with Gasteiger partial charge in [-0.05, 0) is 54.0 Å². The highest BCUT2D eigenvalue weighted by Crippen LogP contribution is 2.23. The smallest absolute Gasteiger partial charge is 0.261 e. The minimum Gasteiger partial charge on any atom is -0.464 e. The van der Waals surface area contributed by atoms with Crippen LogP contribution in [0.25, 0.3) is 0 Å². The van der Waals surface area contributed by atoms with Gasteiger partial charge in [-0.3, -0.25) is 4.79 Å². The molecule has 0 spiro atoms. The summed E-state index contributed by atoms with van der Waals surface area (Å²) in [4.78, 5) is 12.6. The van der Waals surface area contributed by atoms with Gasteiger partial charge in [0.2, 0.25) is 0 Å². The Labute approximate surface area is 112 Å². The first-order valence-electron chi connectivity index (χ1n) is 5.19. The van der Waals surface area contributed by atoms with Gasteiger partial charge in [0, 0.05) is 0 Å². The lowest BCUT2D eigenvalue weighted by Gasteiger charge is -2.10. The molecule has 17 heavy (non-hydrogen) atoms. The monoisotopic (exact) mass is 313 g/mol. The van der Waals surface area contributed by atoms with Crippen molar-refractivity contribution in [1.82, 2.24) is 5.32 Å². The molecular formula is C12H12BrNO2S. The highest BCUT2D eigenvalue weighted by atomic mass is 79.9. The second kappa shape index (κ2) is 5.06. The van der Waals surface area contributed by atoms with E-state index < -0.39 is 0 Å². The van der Waals surface area contributed by atoms with Gasteiger partial charge in [0.25, 0.3) is 5.91 Å². The lowest BCUT2D eigenvalue weighted by Crippen LogP contribution is -2.25. The molecule has 1 unspecified atom stereocenters. The summed E-state index contributed by atoms with van der Waals surface area (Å²) in [6.45, 7) is 3.78. The molecule has 2 heterocycles. The van der Waals surface area contributed by atoms with E-state index in [1.165, 1.54) is 11.3 Å². The van der Waals surface area contributed by atoms with E-state index in [2.05, 4.69) is 21.2 Å². The lowest BCUT2D eigenvalue weighted by molar-refractivity contribution is 0.0939. The summed E-state index contributed by atoms with van der Waals surface area (Å²) in [7, 11) is 0. The molecule has 0 fully saturated rings. The van der Waals surface area contributed by atoms with Crippen molar-refractivity contribution in [2.24, 2.45) is 0 Å². The summed E-state index contributed by atoms with van der Waals surface area (Å²) in [6, 6.07) is 7.30. The van der Waals surface area contributed by atoms with E-state index >= 15 is 0 Å². The van der Waals surface area contributed by atoms with Crippen LogP contribution in [0.15, 0.2) is 32.5 Å². The van der Waals surface area contributed by atoms with Crippen molar-refractivity contribution in [2.75, 3.05) is 0 Å². The molecule has 0 aliphatic heterocycles. The number of halogens is 1. The molecule has 0 radical (unpaired) electrons. The Morgan fingerprint density at radius 3 is 2.71 bits per heavy atom. The maximum absolute atomic E-state index is 11.9. The van der Waals surface area contributed by atoms with Crippen molar-refractivity contribution in [1.29, 1.82) is 0 Å². The van der Waals surface area contributed by atoms with Gasteiger partial charge in [0.1, 0.15) is 11.5 Å². The first-order chi connectivity index (χ1) is 8.06. The van der Waals surface area contributed by atoms with Crippen LogP contribution in [0.3, 0.4) is 0 Å². The largest absolute Gasteiger partial charge is 0.464 e. The zero-order chi connectivity index (χ0) is 12.4. The number of carbonyl (C=O) groups is 1. The molecule has 1 amide bonds. The normalized spacial score (nSPS) is 12.4. The van der Waals surface area contributed by atoms with E-state index in [1.807, 2.05) is 32.0 Å². The number of carbonyl (C=O) groups excluding carboxylic acids is 1. The minimum absolute atomic E-state index is 0.0812. The fraction of sp³-hybridized carbons (Fsp3) is 0.250. The van der Waals surface area contributed by atoms with E-state index in [9.17, 15) is 4.79 Å². The number of thiophene rings is 1. The van der Waals surface area contributed by atoms with Crippen LogP contribution in [0.1, 0.15) is 34.2 Å². The molecule has 0 aliphatic rings. The van der Waals surface area contributed by atoms with Crippen LogP contribution in [0, 0.1) is 6.92 Å². The molecule has 0 bridgehead atoms. The summed E-state index contributed by atoms with van der Waals surface area (Å²) in [6.07, 6.45) is 0. The Morgan fingerprint density at radius 2 is 2.18 bits per heavy atom. The van der Waals surface area contributed by atoms with E-state index in [4.69, 9.17) is 4.42 Å². The number of rotatable bonds is 3. The number of hydrogen-bond donors (Lipinski definition) is 1. The Balaban J connectivity index is 2.04. The number of aryl methyl sites for hydroxylation is 1. The Bertz CT molecular complexity index is 532. The van der Waals surface area contributed by atoms with Crippen LogP contribution in [-0.4, -0.2) is 5.91 Å². The quantitative estimate of drug-likeness (QED) is 0.933. The Morgan fingerprint density at radius 1 is 1.41 bits per heavy atom. The SMILES string of the molecule is Cc1ccc(C(C)NC(=O)c2ccc(Br)s2)o1. The Hall–Kier alpha value is -1.07. The van der Waals surface area contributed by atoms with E-state index in [-0.39, 0.29) is 11.9 Å². The van der Waals surface area contributed by atoms with Gasteiger partial charge in [-0.25, -0.2) is 0 Å². The standard InChI is InChI=1S/C12H12BrNO2S/c1-7-3-4-9(16-7)8(2)14-12(15)10-5-6-11(13)17-10/h3-6,8H,1-2H3,(H,14,15). The van der Waals surface area contributed by atoms with Gasteiger partial charge in [0.15, 0.2) is 0 Å². The van der Waals surface area contributed by atoms with Gasteiger partial charge in [-0.1, -0.05) is 0 Å². The average molecular weight is 314 g/mol. The molecule has 90 valence electrons. The molecule has 0 saturated carbocycles. The molecule has 0 saturated heterocycles. The highest BCUT2D eigenvalue weighted by Gasteiger charge is 2.15. The predicted molar refractivity (Wildman–Crippen MR) is 71.3 cm³/mol. The second-order valence-electron chi connectivity index (χ2n) is 3.75. The van der Waals surface area contributed by atoms with Gasteiger partial charge >= 0.3 is 0 Å². The molecule has 2 rings (SSSR count). The molecule has 0 aliphatic carbocycles. The maximum atomic E-state index is 11.9. The van der Waals surface area contributed by atoms with Crippen LogP contribution in [0.5, 0.6) is 0 Å². The summed E-state index contributed by atoms with van der Waals surface area (Å²) in [5.41, 5.74) is 0. The molecule has 2 aromatic rings. The van der Waals surface area contributed by atoms with Gasteiger partial charge in [-0.2, -0.15) is 0 Å². The third-order valence-corrected chi connectivity index (χ3v) is 3.95. The zero-order valence-electron chi connectivity index (χ0n) is 9.49. The number of nitrogens with one attached hydrogen (secondary N) is 1. The van der Waals surface area contributed by atoms with Crippen molar-refractivity contribution in [2.45, 2.75) is 19.9 Å². The molecule has 3 nitrogen and oxygen atoms in total. The van der Waals surface area contributed by atoms with Crippen LogP contribution in [-0.2, 0) is 0 Å². The molecule has 0 aromatic carbocycles. The first-order valence-corrected chi connectivity index (χ1v) is 6.80. The van der Waals surface area contributed by atoms with Crippen LogP contribution < -0.4 is 5.32 Å². The van der Waals surface area contributed by atoms with Crippen LogP contribution in [0.4, 0.5) is 0 Å². The van der Waals surface area contributed by atoms with Crippen LogP contribution in [0.2, 0.25) is 0 Å². The number of amides is 1. The fourth-order valence-corrected chi connectivity index (χ4v) is 2.75. The topological polar surface area (TPSA) is 42.2 Å². The van der Waals surface area contributed by atoms with Gasteiger partial charge < -0.3 is 9.73 Å². The van der Waals surface area contributed by atoms with E-state index in [0.29, 0.717) is 4.88 Å². The third kappa shape index (κ3) is 2.98. The first kappa shape index (κ1) is 12.4. The van der Waals surface area contributed by atoms with E-state index in [0.717, 1.165) is 15.3 Å². The summed E-state index contributed by atoms with van der Waals surface area (Å²) in [5, 5.41) is 2.90. The van der Waals surface area contributed by atoms with Crippen molar-refractivity contribution in [3.63, 3.8) is 0 Å². The fourth-order valence-electron chi connectivity index (χ4n) is 1.46.